The van der Waals surface area contributed by atoms with Crippen LogP contribution in [0.4, 0.5) is 0 Å². The molecule has 6 fully saturated rings. The highest BCUT2D eigenvalue weighted by molar-refractivity contribution is 5.84. The first-order valence-electron chi connectivity index (χ1n) is 10.5. The number of fused-ring (bicyclic) bond motifs is 6. The molecule has 136 valence electrons. The first-order valence-corrected chi connectivity index (χ1v) is 10.5. The van der Waals surface area contributed by atoms with E-state index in [4.69, 9.17) is 0 Å². The molecule has 6 aliphatic carbocycles. The van der Waals surface area contributed by atoms with Crippen molar-refractivity contribution in [1.29, 1.82) is 0 Å². The monoisotopic (exact) mass is 334 g/mol. The zero-order valence-electron chi connectivity index (χ0n) is 14.9. The smallest absolute Gasteiger partial charge is 0.136 e. The lowest BCUT2D eigenvalue weighted by molar-refractivity contribution is -0.121. The summed E-state index contributed by atoms with van der Waals surface area (Å²) in [6.07, 6.45) is 15.0. The highest BCUT2D eigenvalue weighted by Gasteiger charge is 2.39. The van der Waals surface area contributed by atoms with E-state index in [1.807, 2.05) is 0 Å². The molecule has 3 nitrogen and oxygen atoms in total. The first kappa shape index (κ1) is 17.0. The molecule has 6 bridgehead atoms. The Hall–Kier alpha value is -0.410. The fourth-order valence-electron chi connectivity index (χ4n) is 6.43. The molecule has 0 spiro atoms. The van der Waals surface area contributed by atoms with E-state index in [1.54, 1.807) is 0 Å². The van der Waals surface area contributed by atoms with Crippen LogP contribution in [0.2, 0.25) is 0 Å². The molecule has 0 aliphatic heterocycles. The Morgan fingerprint density at radius 1 is 0.625 bits per heavy atom. The van der Waals surface area contributed by atoms with E-state index >= 15 is 0 Å². The largest absolute Gasteiger partial charge is 0.393 e. The number of rotatable bonds is 0. The van der Waals surface area contributed by atoms with Gasteiger partial charge in [0.05, 0.1) is 12.2 Å². The maximum atomic E-state index is 10.8. The minimum Gasteiger partial charge on any atom is -0.393 e. The molecule has 0 radical (unpaired) electrons. The van der Waals surface area contributed by atoms with Crippen LogP contribution in [0.25, 0.3) is 0 Å². The van der Waals surface area contributed by atoms with Crippen molar-refractivity contribution in [3.8, 4) is 0 Å². The van der Waals surface area contributed by atoms with Gasteiger partial charge in [0.2, 0.25) is 0 Å². The highest BCUT2D eigenvalue weighted by Crippen LogP contribution is 2.45. The van der Waals surface area contributed by atoms with Crippen molar-refractivity contribution >= 4 is 5.78 Å². The van der Waals surface area contributed by atoms with E-state index in [0.29, 0.717) is 23.5 Å². The summed E-state index contributed by atoms with van der Waals surface area (Å²) in [5, 5.41) is 18.4. The van der Waals surface area contributed by atoms with Gasteiger partial charge in [0, 0.05) is 12.3 Å². The van der Waals surface area contributed by atoms with Crippen molar-refractivity contribution in [3.05, 3.63) is 0 Å². The molecule has 0 heterocycles. The summed E-state index contributed by atoms with van der Waals surface area (Å²) in [4.78, 5) is 10.8. The van der Waals surface area contributed by atoms with E-state index in [2.05, 4.69) is 0 Å². The molecule has 8 atom stereocenters. The fourth-order valence-corrected chi connectivity index (χ4v) is 6.43. The highest BCUT2D eigenvalue weighted by atomic mass is 16.3. The Morgan fingerprint density at radius 3 is 1.33 bits per heavy atom. The molecule has 24 heavy (non-hydrogen) atoms. The third-order valence-electron chi connectivity index (χ3n) is 7.89. The molecule has 0 amide bonds. The first-order chi connectivity index (χ1) is 11.6. The minimum atomic E-state index is 0.0775. The van der Waals surface area contributed by atoms with Crippen LogP contribution >= 0.6 is 0 Å². The molecular formula is C21H34O3. The molecule has 6 rings (SSSR count). The number of aliphatic hydroxyl groups excluding tert-OH is 2. The maximum Gasteiger partial charge on any atom is 0.136 e. The van der Waals surface area contributed by atoms with Crippen LogP contribution in [-0.2, 0) is 4.79 Å². The van der Waals surface area contributed by atoms with Gasteiger partial charge in [-0.25, -0.2) is 0 Å². The van der Waals surface area contributed by atoms with Gasteiger partial charge in [-0.2, -0.15) is 0 Å². The van der Waals surface area contributed by atoms with Crippen molar-refractivity contribution in [3.63, 3.8) is 0 Å². The predicted molar refractivity (Wildman–Crippen MR) is 93.4 cm³/mol. The molecule has 0 aromatic heterocycles. The zero-order chi connectivity index (χ0) is 16.7. The number of carbonyl (C=O) groups is 1. The minimum absolute atomic E-state index is 0.0775. The molecule has 0 saturated heterocycles. The van der Waals surface area contributed by atoms with Gasteiger partial charge in [-0.1, -0.05) is 0 Å². The van der Waals surface area contributed by atoms with Gasteiger partial charge in [-0.05, 0) is 100 Å². The van der Waals surface area contributed by atoms with Crippen LogP contribution in [-0.4, -0.2) is 28.2 Å². The van der Waals surface area contributed by atoms with Crippen LogP contribution in [0.3, 0.4) is 0 Å². The Balaban J connectivity index is 0.0000000911. The maximum absolute atomic E-state index is 10.8. The number of carbonyl (C=O) groups excluding carboxylic acids is 1. The van der Waals surface area contributed by atoms with Crippen LogP contribution in [0.1, 0.15) is 77.0 Å². The van der Waals surface area contributed by atoms with E-state index in [0.717, 1.165) is 37.0 Å². The van der Waals surface area contributed by atoms with Crippen LogP contribution < -0.4 is 0 Å². The summed E-state index contributed by atoms with van der Waals surface area (Å²) in [6.45, 7) is 0. The standard InChI is InChI=1S/2C7H12O.C7H10O/c3*8-7-4-5-1-2-6(7)3-5/h2*5-8H,1-4H2;5-6H,1-4H2/t2*5?,6?,7-;/m10./s1. The fraction of sp³-hybridized carbons (Fsp3) is 0.952. The Bertz CT molecular complexity index is 432. The molecule has 0 aromatic carbocycles. The Labute approximate surface area is 146 Å². The molecule has 0 aromatic rings. The Morgan fingerprint density at radius 2 is 1.17 bits per heavy atom. The van der Waals surface area contributed by atoms with Gasteiger partial charge in [-0.3, -0.25) is 4.79 Å². The van der Waals surface area contributed by atoms with Crippen LogP contribution in [0.5, 0.6) is 0 Å². The van der Waals surface area contributed by atoms with Gasteiger partial charge in [0.1, 0.15) is 5.78 Å². The molecule has 6 aliphatic rings. The van der Waals surface area contributed by atoms with Gasteiger partial charge < -0.3 is 10.2 Å². The summed E-state index contributed by atoms with van der Waals surface area (Å²) >= 11 is 0. The molecule has 6 unspecified atom stereocenters. The predicted octanol–water partition coefficient (Wildman–Crippen LogP) is 3.71. The quantitative estimate of drug-likeness (QED) is 0.710. The average Bonchev–Trinajstić information content (AvgIpc) is 3.36. The van der Waals surface area contributed by atoms with Crippen molar-refractivity contribution in [2.75, 3.05) is 0 Å². The molecular weight excluding hydrogens is 300 g/mol. The van der Waals surface area contributed by atoms with Crippen molar-refractivity contribution < 1.29 is 15.0 Å². The SMILES string of the molecule is O=C1CC2CCC1C2.O[C@@H]1CC2CCC1C2.O[C@H]1CC2CCC1C2. The van der Waals surface area contributed by atoms with Crippen molar-refractivity contribution in [2.45, 2.75) is 89.3 Å². The summed E-state index contributed by atoms with van der Waals surface area (Å²) < 4.78 is 0. The molecule has 6 saturated carbocycles. The number of hydrogen-bond donors (Lipinski definition) is 2. The van der Waals surface area contributed by atoms with Gasteiger partial charge in [-0.15, -0.1) is 0 Å². The summed E-state index contributed by atoms with van der Waals surface area (Å²) in [5.74, 6) is 5.03. The van der Waals surface area contributed by atoms with Crippen molar-refractivity contribution in [1.82, 2.24) is 0 Å². The van der Waals surface area contributed by atoms with Gasteiger partial charge in [0.25, 0.3) is 0 Å². The number of ketones is 1. The lowest BCUT2D eigenvalue weighted by Crippen LogP contribution is -2.14. The molecule has 2 N–H and O–H groups in total. The second-order valence-electron chi connectivity index (χ2n) is 9.53. The normalized spacial score (nSPS) is 49.8. The van der Waals surface area contributed by atoms with Gasteiger partial charge >= 0.3 is 0 Å². The summed E-state index contributed by atoms with van der Waals surface area (Å²) in [5.41, 5.74) is 0. The average molecular weight is 335 g/mol. The van der Waals surface area contributed by atoms with Crippen molar-refractivity contribution in [2.24, 2.45) is 35.5 Å². The van der Waals surface area contributed by atoms with Gasteiger partial charge in [0.15, 0.2) is 0 Å². The summed E-state index contributed by atoms with van der Waals surface area (Å²) in [6, 6.07) is 0. The third kappa shape index (κ3) is 3.58. The van der Waals surface area contributed by atoms with E-state index in [1.165, 1.54) is 57.8 Å². The Kier molecular flexibility index (Phi) is 5.02. The van der Waals surface area contributed by atoms with E-state index in [-0.39, 0.29) is 12.2 Å². The van der Waals surface area contributed by atoms with Crippen LogP contribution in [0.15, 0.2) is 0 Å². The van der Waals surface area contributed by atoms with Crippen LogP contribution in [0, 0.1) is 35.5 Å². The second kappa shape index (κ2) is 7.07. The zero-order valence-corrected chi connectivity index (χ0v) is 14.9. The molecule has 3 heteroatoms. The third-order valence-corrected chi connectivity index (χ3v) is 7.89. The number of aliphatic hydroxyl groups is 2. The number of hydrogen-bond acceptors (Lipinski definition) is 3. The topological polar surface area (TPSA) is 57.5 Å². The number of Topliss-reactive ketones (excluding diaryl/α,β-unsaturated/α-hetero) is 1. The lowest BCUT2D eigenvalue weighted by Gasteiger charge is -2.14. The lowest BCUT2D eigenvalue weighted by atomic mass is 9.98. The summed E-state index contributed by atoms with van der Waals surface area (Å²) in [7, 11) is 0. The van der Waals surface area contributed by atoms with E-state index < -0.39 is 0 Å². The van der Waals surface area contributed by atoms with E-state index in [9.17, 15) is 15.0 Å². The second-order valence-corrected chi connectivity index (χ2v) is 9.53.